The van der Waals surface area contributed by atoms with Crippen LogP contribution in [0.15, 0.2) is 0 Å². The topological polar surface area (TPSA) is 65.6 Å². The minimum absolute atomic E-state index is 0. The van der Waals surface area contributed by atoms with Gasteiger partial charge in [-0.25, -0.2) is 0 Å². The van der Waals surface area contributed by atoms with Crippen molar-refractivity contribution in [3.05, 3.63) is 0 Å². The molecule has 0 aromatic carbocycles. The van der Waals surface area contributed by atoms with Crippen molar-refractivity contribution < 1.29 is 28.8 Å². The molecule has 6 heteroatoms. The maximum atomic E-state index is 9.30. The van der Waals surface area contributed by atoms with E-state index in [0.717, 1.165) is 0 Å². The predicted molar refractivity (Wildman–Crippen MR) is 16.7 cm³/mol. The van der Waals surface area contributed by atoms with E-state index in [9.17, 15) is 5.71 Å². The van der Waals surface area contributed by atoms with Gasteiger partial charge in [-0.3, -0.25) is 0 Å². The molecular weight excluding hydrogens is 297 g/mol. The summed E-state index contributed by atoms with van der Waals surface area (Å²) in [6.07, 6.45) is 0. The zero-order valence-electron chi connectivity index (χ0n) is 2.57. The number of halogens is 2. The van der Waals surface area contributed by atoms with Crippen LogP contribution in [0, 0.1) is 0 Å². The van der Waals surface area contributed by atoms with Gasteiger partial charge in [0.2, 0.25) is 0 Å². The minimum atomic E-state index is -4.83. The fourth-order valence-corrected chi connectivity index (χ4v) is 0. The summed E-state index contributed by atoms with van der Waals surface area (Å²) in [4.78, 5) is 0. The van der Waals surface area contributed by atoms with E-state index < -0.39 is 17.6 Å². The fraction of sp³-hybridized carbons (Fsp3) is 0. The van der Waals surface area contributed by atoms with Crippen LogP contribution in [0.2, 0.25) is 0 Å². The van der Waals surface area contributed by atoms with Crippen LogP contribution in [-0.4, -0.2) is 5.48 Å². The van der Waals surface area contributed by atoms with Gasteiger partial charge in [-0.15, -0.1) is 0 Å². The molecule has 0 spiro atoms. The Balaban J connectivity index is 0. The summed E-state index contributed by atoms with van der Waals surface area (Å²) < 4.78 is 18.6. The Labute approximate surface area is 45.9 Å². The quantitative estimate of drug-likeness (QED) is 0.604. The molecule has 0 aliphatic rings. The van der Waals surface area contributed by atoms with Crippen LogP contribution >= 0.6 is 17.2 Å². The average molecular weight is 299 g/mol. The van der Waals surface area contributed by atoms with Crippen LogP contribution in [0.4, 0.5) is 0 Å². The van der Waals surface area contributed by atoms with E-state index in [1.54, 1.807) is 0 Å². The van der Waals surface area contributed by atoms with Gasteiger partial charge in [0.15, 0.2) is 0 Å². The summed E-state index contributed by atoms with van der Waals surface area (Å²) in [6, 6.07) is 0. The molecule has 0 atom stereocenters. The first kappa shape index (κ1) is 10.1. The third kappa shape index (κ3) is 79.0. The van der Waals surface area contributed by atoms with Crippen LogP contribution in [0.3, 0.4) is 0 Å². The molecule has 0 aliphatic carbocycles. The molecule has 2 N–H and O–H groups in total. The van der Waals surface area contributed by atoms with E-state index in [1.807, 2.05) is 0 Å². The molecule has 0 aliphatic heterocycles. The van der Waals surface area contributed by atoms with Crippen molar-refractivity contribution in [1.29, 1.82) is 0 Å². The first-order valence-electron chi connectivity index (χ1n) is 0.786. The number of hydrogen-bond donors (Lipinski definition) is 0. The van der Waals surface area contributed by atoms with Gasteiger partial charge in [0.05, 0.1) is 0 Å². The van der Waals surface area contributed by atoms with Crippen LogP contribution in [-0.2, 0) is 23.3 Å². The molecule has 0 rings (SSSR count). The standard InChI is InChI=1S/2ClH.Hf.H2O.2O/h2*1H;;1H2;;/q;;+2;;;/p-2. The van der Waals surface area contributed by atoms with Gasteiger partial charge in [0.25, 0.3) is 0 Å². The van der Waals surface area contributed by atoms with Crippen LogP contribution in [0.5, 0.6) is 0 Å². The summed E-state index contributed by atoms with van der Waals surface area (Å²) in [5.74, 6) is 0. The SMILES string of the molecule is O.[O]=[Hf](=[O])([Cl])[Cl]. The third-order valence-electron chi connectivity index (χ3n) is 0. The van der Waals surface area contributed by atoms with E-state index in [2.05, 4.69) is 17.2 Å². The first-order chi connectivity index (χ1) is 2.00. The van der Waals surface area contributed by atoms with Gasteiger partial charge >= 0.3 is 40.5 Å². The van der Waals surface area contributed by atoms with Crippen molar-refractivity contribution in [3.8, 4) is 0 Å². The Morgan fingerprint density at radius 3 is 1.17 bits per heavy atom. The number of hydrogen-bond acceptors (Lipinski definition) is 2. The molecular formula is H2Cl2HfO3. The maximum absolute atomic E-state index is 9.30. The molecule has 0 amide bonds. The second-order valence-electron chi connectivity index (χ2n) is 0.463. The monoisotopic (exact) mass is 300 g/mol. The van der Waals surface area contributed by atoms with Crippen molar-refractivity contribution in [1.82, 2.24) is 0 Å². The Hall–Kier alpha value is 1.01. The summed E-state index contributed by atoms with van der Waals surface area (Å²) >= 11 is -4.83. The van der Waals surface area contributed by atoms with E-state index in [1.165, 1.54) is 0 Å². The van der Waals surface area contributed by atoms with Gasteiger partial charge in [-0.1, -0.05) is 0 Å². The molecule has 0 saturated heterocycles. The molecule has 3 nitrogen and oxygen atoms in total. The van der Waals surface area contributed by atoms with Gasteiger partial charge in [0, 0.05) is 0 Å². The molecule has 0 bridgehead atoms. The molecule has 6 heavy (non-hydrogen) atoms. The van der Waals surface area contributed by atoms with Crippen molar-refractivity contribution in [2.45, 2.75) is 0 Å². The third-order valence-corrected chi connectivity index (χ3v) is 0. The van der Waals surface area contributed by atoms with E-state index in [4.69, 9.17) is 0 Å². The second kappa shape index (κ2) is 3.07. The summed E-state index contributed by atoms with van der Waals surface area (Å²) in [5, 5.41) is 0. The zero-order chi connectivity index (χ0) is 4.50. The molecule has 0 aromatic heterocycles. The second-order valence-corrected chi connectivity index (χ2v) is 13.5. The van der Waals surface area contributed by atoms with Crippen molar-refractivity contribution >= 4 is 17.2 Å². The van der Waals surface area contributed by atoms with Gasteiger partial charge in [0.1, 0.15) is 0 Å². The average Bonchev–Trinajstić information content (AvgIpc) is 0.722. The molecule has 0 fully saturated rings. The van der Waals surface area contributed by atoms with Gasteiger partial charge in [-0.2, -0.15) is 0 Å². The molecule has 0 aromatic rings. The Morgan fingerprint density at radius 2 is 1.17 bits per heavy atom. The molecule has 0 saturated carbocycles. The van der Waals surface area contributed by atoms with Crippen molar-refractivity contribution in [3.63, 3.8) is 0 Å². The molecule has 38 valence electrons. The van der Waals surface area contributed by atoms with E-state index >= 15 is 0 Å². The van der Waals surface area contributed by atoms with E-state index in [-0.39, 0.29) is 5.48 Å². The molecule has 0 unspecified atom stereocenters. The predicted octanol–water partition coefficient (Wildman–Crippen LogP) is 0.314. The molecule has 0 heterocycles. The van der Waals surface area contributed by atoms with Crippen LogP contribution < -0.4 is 0 Å². The fourth-order valence-electron chi connectivity index (χ4n) is 0. The number of rotatable bonds is 0. The van der Waals surface area contributed by atoms with Crippen molar-refractivity contribution in [2.24, 2.45) is 0 Å². The van der Waals surface area contributed by atoms with Crippen LogP contribution in [0.25, 0.3) is 0 Å². The van der Waals surface area contributed by atoms with Gasteiger partial charge in [-0.05, 0) is 0 Å². The van der Waals surface area contributed by atoms with Gasteiger partial charge < -0.3 is 5.48 Å². The normalized spacial score (nSPS) is 7.00. The first-order valence-corrected chi connectivity index (χ1v) is 12.6. The van der Waals surface area contributed by atoms with Crippen LogP contribution in [0.1, 0.15) is 0 Å². The zero-order valence-corrected chi connectivity index (χ0v) is 7.68. The summed E-state index contributed by atoms with van der Waals surface area (Å²) in [7, 11) is 8.81. The van der Waals surface area contributed by atoms with Crippen molar-refractivity contribution in [2.75, 3.05) is 0 Å². The molecule has 0 radical (unpaired) electrons. The summed E-state index contributed by atoms with van der Waals surface area (Å²) in [5.41, 5.74) is 0. The van der Waals surface area contributed by atoms with E-state index in [0.29, 0.717) is 0 Å². The Kier molecular flexibility index (Phi) is 5.16. The Bertz CT molecular complexity index is 92.0. The Morgan fingerprint density at radius 1 is 1.17 bits per heavy atom. The summed E-state index contributed by atoms with van der Waals surface area (Å²) in [6.45, 7) is 0.